The molecule has 1 saturated carbocycles. The summed E-state index contributed by atoms with van der Waals surface area (Å²) in [4.78, 5) is 0. The summed E-state index contributed by atoms with van der Waals surface area (Å²) in [5.74, 6) is 2.46. The van der Waals surface area contributed by atoms with E-state index in [1.54, 1.807) is 7.11 Å². The Hall–Kier alpha value is -1.03. The lowest BCUT2D eigenvalue weighted by atomic mass is 10.2. The van der Waals surface area contributed by atoms with E-state index in [1.165, 1.54) is 12.8 Å². The molecule has 0 saturated heterocycles. The number of ether oxygens (including phenoxy) is 2. The fraction of sp³-hybridized carbons (Fsp3) is 0.571. The van der Waals surface area contributed by atoms with Gasteiger partial charge >= 0.3 is 0 Å². The molecule has 0 heterocycles. The topological polar surface area (TPSA) is 30.5 Å². The molecule has 0 atom stereocenters. The number of benzene rings is 1. The summed E-state index contributed by atoms with van der Waals surface area (Å²) >= 11 is 4.19. The number of anilines is 1. The Bertz CT molecular complexity index is 378. The zero-order valence-electron chi connectivity index (χ0n) is 10.8. The maximum atomic E-state index is 6.03. The Balaban J connectivity index is 2.08. The zero-order valence-corrected chi connectivity index (χ0v) is 11.7. The van der Waals surface area contributed by atoms with Crippen molar-refractivity contribution in [2.45, 2.75) is 31.8 Å². The molecule has 0 aliphatic heterocycles. The van der Waals surface area contributed by atoms with Crippen molar-refractivity contribution in [3.63, 3.8) is 0 Å². The van der Waals surface area contributed by atoms with Gasteiger partial charge in [0.15, 0.2) is 11.5 Å². The second-order valence-electron chi connectivity index (χ2n) is 4.54. The summed E-state index contributed by atoms with van der Waals surface area (Å²) in [5.41, 5.74) is 1.05. The monoisotopic (exact) mass is 267 g/mol. The first-order valence-electron chi connectivity index (χ1n) is 6.53. The van der Waals surface area contributed by atoms with Gasteiger partial charge in [0.1, 0.15) is 0 Å². The standard InChI is InChI=1S/C14H21NO2S/c1-16-13-7-6-11(15-8-9-18)10-14(13)17-12-4-2-3-5-12/h6-7,10,12,15,18H,2-5,8-9H2,1H3. The summed E-state index contributed by atoms with van der Waals surface area (Å²) in [7, 11) is 1.68. The van der Waals surface area contributed by atoms with Crippen LogP contribution >= 0.6 is 12.6 Å². The number of hydrogen-bond donors (Lipinski definition) is 2. The van der Waals surface area contributed by atoms with Crippen molar-refractivity contribution in [1.82, 2.24) is 0 Å². The highest BCUT2D eigenvalue weighted by atomic mass is 32.1. The van der Waals surface area contributed by atoms with Crippen molar-refractivity contribution >= 4 is 18.3 Å². The first-order valence-corrected chi connectivity index (χ1v) is 7.16. The fourth-order valence-electron chi connectivity index (χ4n) is 2.26. The van der Waals surface area contributed by atoms with Crippen molar-refractivity contribution in [2.75, 3.05) is 24.7 Å². The Kier molecular flexibility index (Phi) is 5.05. The summed E-state index contributed by atoms with van der Waals surface area (Å²) in [6, 6.07) is 5.97. The van der Waals surface area contributed by atoms with Crippen LogP contribution in [0, 0.1) is 0 Å². The molecule has 3 nitrogen and oxygen atoms in total. The molecule has 1 aliphatic rings. The smallest absolute Gasteiger partial charge is 0.163 e. The predicted molar refractivity (Wildman–Crippen MR) is 78.2 cm³/mol. The van der Waals surface area contributed by atoms with Crippen LogP contribution in [0.2, 0.25) is 0 Å². The van der Waals surface area contributed by atoms with Crippen LogP contribution in [0.1, 0.15) is 25.7 Å². The van der Waals surface area contributed by atoms with E-state index < -0.39 is 0 Å². The summed E-state index contributed by atoms with van der Waals surface area (Å²) in [6.45, 7) is 0.846. The molecule has 0 amide bonds. The van der Waals surface area contributed by atoms with Crippen molar-refractivity contribution in [2.24, 2.45) is 0 Å². The molecule has 100 valence electrons. The van der Waals surface area contributed by atoms with Gasteiger partial charge in [-0.1, -0.05) is 0 Å². The predicted octanol–water partition coefficient (Wildman–Crippen LogP) is 3.36. The minimum Gasteiger partial charge on any atom is -0.493 e. The molecule has 1 fully saturated rings. The van der Waals surface area contributed by atoms with Crippen LogP contribution < -0.4 is 14.8 Å². The van der Waals surface area contributed by atoms with Gasteiger partial charge in [-0.15, -0.1) is 0 Å². The van der Waals surface area contributed by atoms with Gasteiger partial charge in [-0.05, 0) is 37.8 Å². The Morgan fingerprint density at radius 3 is 2.72 bits per heavy atom. The van der Waals surface area contributed by atoms with Gasteiger partial charge in [0.2, 0.25) is 0 Å². The maximum absolute atomic E-state index is 6.03. The Morgan fingerprint density at radius 2 is 2.06 bits per heavy atom. The molecule has 1 aromatic rings. The first kappa shape index (κ1) is 13.4. The first-order chi connectivity index (χ1) is 8.83. The van der Waals surface area contributed by atoms with E-state index in [2.05, 4.69) is 17.9 Å². The van der Waals surface area contributed by atoms with Crippen LogP contribution in [-0.4, -0.2) is 25.5 Å². The van der Waals surface area contributed by atoms with Crippen molar-refractivity contribution in [3.05, 3.63) is 18.2 Å². The van der Waals surface area contributed by atoms with Gasteiger partial charge < -0.3 is 14.8 Å². The lowest BCUT2D eigenvalue weighted by Crippen LogP contribution is -2.12. The highest BCUT2D eigenvalue weighted by molar-refractivity contribution is 7.80. The average Bonchev–Trinajstić information content (AvgIpc) is 2.89. The van der Waals surface area contributed by atoms with Crippen LogP contribution in [0.4, 0.5) is 5.69 Å². The third kappa shape index (κ3) is 3.48. The van der Waals surface area contributed by atoms with Crippen molar-refractivity contribution in [1.29, 1.82) is 0 Å². The molecule has 0 bridgehead atoms. The van der Waals surface area contributed by atoms with E-state index in [0.717, 1.165) is 42.3 Å². The highest BCUT2D eigenvalue weighted by Crippen LogP contribution is 2.33. The molecule has 0 unspecified atom stereocenters. The summed E-state index contributed by atoms with van der Waals surface area (Å²) in [5, 5.41) is 3.30. The molecule has 1 N–H and O–H groups in total. The van der Waals surface area contributed by atoms with Gasteiger partial charge in [-0.25, -0.2) is 0 Å². The average molecular weight is 267 g/mol. The minimum atomic E-state index is 0.346. The molecular weight excluding hydrogens is 246 g/mol. The third-order valence-electron chi connectivity index (χ3n) is 3.20. The van der Waals surface area contributed by atoms with Gasteiger partial charge in [0.25, 0.3) is 0 Å². The van der Waals surface area contributed by atoms with Gasteiger partial charge in [-0.2, -0.15) is 12.6 Å². The molecule has 4 heteroatoms. The number of nitrogens with one attached hydrogen (secondary N) is 1. The van der Waals surface area contributed by atoms with E-state index in [0.29, 0.717) is 6.10 Å². The second-order valence-corrected chi connectivity index (χ2v) is 4.99. The third-order valence-corrected chi connectivity index (χ3v) is 3.42. The maximum Gasteiger partial charge on any atom is 0.163 e. The van der Waals surface area contributed by atoms with E-state index in [1.807, 2.05) is 18.2 Å². The van der Waals surface area contributed by atoms with Crippen molar-refractivity contribution < 1.29 is 9.47 Å². The number of thiol groups is 1. The Labute approximate surface area is 114 Å². The molecule has 1 aromatic carbocycles. The normalized spacial score (nSPS) is 15.7. The lowest BCUT2D eigenvalue weighted by Gasteiger charge is -2.17. The van der Waals surface area contributed by atoms with Gasteiger partial charge in [-0.3, -0.25) is 0 Å². The SMILES string of the molecule is COc1ccc(NCCS)cc1OC1CCCC1. The lowest BCUT2D eigenvalue weighted by molar-refractivity contribution is 0.201. The molecule has 1 aliphatic carbocycles. The minimum absolute atomic E-state index is 0.346. The van der Waals surface area contributed by atoms with Gasteiger partial charge in [0, 0.05) is 24.1 Å². The van der Waals surface area contributed by atoms with Crippen LogP contribution in [0.3, 0.4) is 0 Å². The van der Waals surface area contributed by atoms with E-state index >= 15 is 0 Å². The zero-order chi connectivity index (χ0) is 12.8. The molecular formula is C14H21NO2S. The second kappa shape index (κ2) is 6.78. The van der Waals surface area contributed by atoms with Gasteiger partial charge in [0.05, 0.1) is 13.2 Å². The largest absolute Gasteiger partial charge is 0.493 e. The van der Waals surface area contributed by atoms with Crippen LogP contribution in [0.5, 0.6) is 11.5 Å². The molecule has 0 radical (unpaired) electrons. The molecule has 18 heavy (non-hydrogen) atoms. The van der Waals surface area contributed by atoms with E-state index in [-0.39, 0.29) is 0 Å². The van der Waals surface area contributed by atoms with E-state index in [4.69, 9.17) is 9.47 Å². The number of methoxy groups -OCH3 is 1. The summed E-state index contributed by atoms with van der Waals surface area (Å²) < 4.78 is 11.4. The molecule has 0 spiro atoms. The molecule has 0 aromatic heterocycles. The number of hydrogen-bond acceptors (Lipinski definition) is 4. The number of rotatable bonds is 6. The summed E-state index contributed by atoms with van der Waals surface area (Å²) in [6.07, 6.45) is 5.18. The fourth-order valence-corrected chi connectivity index (χ4v) is 2.38. The quantitative estimate of drug-likeness (QED) is 0.775. The highest BCUT2D eigenvalue weighted by Gasteiger charge is 2.18. The van der Waals surface area contributed by atoms with Crippen LogP contribution in [-0.2, 0) is 0 Å². The Morgan fingerprint density at radius 1 is 1.28 bits per heavy atom. The van der Waals surface area contributed by atoms with E-state index in [9.17, 15) is 0 Å². The molecule has 2 rings (SSSR count). The van der Waals surface area contributed by atoms with Crippen molar-refractivity contribution in [3.8, 4) is 11.5 Å². The van der Waals surface area contributed by atoms with Crippen LogP contribution in [0.25, 0.3) is 0 Å². The van der Waals surface area contributed by atoms with Crippen LogP contribution in [0.15, 0.2) is 18.2 Å².